The second kappa shape index (κ2) is 8.48. The lowest BCUT2D eigenvalue weighted by Crippen LogP contribution is -2.19. The van der Waals surface area contributed by atoms with Crippen LogP contribution in [-0.2, 0) is 6.54 Å². The van der Waals surface area contributed by atoms with Crippen molar-refractivity contribution in [3.05, 3.63) is 18.0 Å². The molecule has 1 N–H and O–H groups in total. The molecule has 0 amide bonds. The third-order valence-electron chi connectivity index (χ3n) is 2.76. The van der Waals surface area contributed by atoms with Gasteiger partial charge in [-0.2, -0.15) is 0 Å². The number of thioether (sulfide) groups is 1. The predicted molar refractivity (Wildman–Crippen MR) is 78.8 cm³/mol. The number of nitrogens with zero attached hydrogens (tertiary/aromatic N) is 2. The van der Waals surface area contributed by atoms with Crippen molar-refractivity contribution in [2.75, 3.05) is 12.3 Å². The Morgan fingerprint density at radius 2 is 1.89 bits per heavy atom. The smallest absolute Gasteiger partial charge is 0.187 e. The average Bonchev–Trinajstić information content (AvgIpc) is 2.37. The van der Waals surface area contributed by atoms with Crippen LogP contribution in [0, 0.1) is 11.8 Å². The Morgan fingerprint density at radius 3 is 2.44 bits per heavy atom. The van der Waals surface area contributed by atoms with Crippen LogP contribution in [0.3, 0.4) is 0 Å². The van der Waals surface area contributed by atoms with Gasteiger partial charge in [0, 0.05) is 30.3 Å². The lowest BCUT2D eigenvalue weighted by Gasteiger charge is -2.08. The standard InChI is InChI=1S/C14H25N3S/c1-5-12(4)10-18-14-16-8-13(9-17-14)7-15-6-11(2)3/h8-9,11-12,15H,5-7,10H2,1-4H3. The molecule has 0 spiro atoms. The van der Waals surface area contributed by atoms with E-state index in [0.29, 0.717) is 5.92 Å². The van der Waals surface area contributed by atoms with Gasteiger partial charge >= 0.3 is 0 Å². The van der Waals surface area contributed by atoms with Crippen LogP contribution in [0.25, 0.3) is 0 Å². The monoisotopic (exact) mass is 267 g/mol. The summed E-state index contributed by atoms with van der Waals surface area (Å²) >= 11 is 1.75. The summed E-state index contributed by atoms with van der Waals surface area (Å²) in [6, 6.07) is 0. The van der Waals surface area contributed by atoms with Gasteiger partial charge in [-0.3, -0.25) is 0 Å². The van der Waals surface area contributed by atoms with Crippen LogP contribution in [0.5, 0.6) is 0 Å². The summed E-state index contributed by atoms with van der Waals surface area (Å²) in [5.41, 5.74) is 1.16. The molecule has 0 radical (unpaired) electrons. The molecule has 1 atom stereocenters. The summed E-state index contributed by atoms with van der Waals surface area (Å²) in [5.74, 6) is 2.50. The Hall–Kier alpha value is -0.610. The summed E-state index contributed by atoms with van der Waals surface area (Å²) in [6.07, 6.45) is 5.07. The van der Waals surface area contributed by atoms with E-state index >= 15 is 0 Å². The predicted octanol–water partition coefficient (Wildman–Crippen LogP) is 3.36. The molecule has 102 valence electrons. The summed E-state index contributed by atoms with van der Waals surface area (Å²) in [7, 11) is 0. The SMILES string of the molecule is CCC(C)CSc1ncc(CNCC(C)C)cn1. The summed E-state index contributed by atoms with van der Waals surface area (Å²) < 4.78 is 0. The maximum atomic E-state index is 4.39. The summed E-state index contributed by atoms with van der Waals surface area (Å²) in [4.78, 5) is 8.79. The van der Waals surface area contributed by atoms with E-state index in [-0.39, 0.29) is 0 Å². The van der Waals surface area contributed by atoms with Gasteiger partial charge in [0.1, 0.15) is 0 Å². The van der Waals surface area contributed by atoms with Crippen LogP contribution in [0.4, 0.5) is 0 Å². The first-order valence-corrected chi connectivity index (χ1v) is 7.74. The molecular weight excluding hydrogens is 242 g/mol. The molecule has 1 rings (SSSR count). The number of rotatable bonds is 8. The Morgan fingerprint density at radius 1 is 1.22 bits per heavy atom. The zero-order valence-electron chi connectivity index (χ0n) is 11.9. The van der Waals surface area contributed by atoms with Crippen molar-refractivity contribution in [1.82, 2.24) is 15.3 Å². The molecule has 1 heterocycles. The summed E-state index contributed by atoms with van der Waals surface area (Å²) in [5, 5.41) is 4.28. The molecular formula is C14H25N3S. The lowest BCUT2D eigenvalue weighted by molar-refractivity contribution is 0.550. The molecule has 0 saturated heterocycles. The fraction of sp³-hybridized carbons (Fsp3) is 0.714. The van der Waals surface area contributed by atoms with Gasteiger partial charge < -0.3 is 5.32 Å². The molecule has 1 unspecified atom stereocenters. The quantitative estimate of drug-likeness (QED) is 0.579. The van der Waals surface area contributed by atoms with Gasteiger partial charge in [0.15, 0.2) is 5.16 Å². The minimum atomic E-state index is 0.677. The van der Waals surface area contributed by atoms with Crippen molar-refractivity contribution in [3.8, 4) is 0 Å². The number of hydrogen-bond donors (Lipinski definition) is 1. The van der Waals surface area contributed by atoms with Crippen LogP contribution in [0.2, 0.25) is 0 Å². The van der Waals surface area contributed by atoms with E-state index in [1.807, 2.05) is 12.4 Å². The normalized spacial score (nSPS) is 12.9. The Balaban J connectivity index is 2.33. The Labute approximate surface area is 115 Å². The van der Waals surface area contributed by atoms with E-state index < -0.39 is 0 Å². The fourth-order valence-electron chi connectivity index (χ4n) is 1.35. The highest BCUT2D eigenvalue weighted by Crippen LogP contribution is 2.17. The van der Waals surface area contributed by atoms with Gasteiger partial charge in [0.25, 0.3) is 0 Å². The number of hydrogen-bond acceptors (Lipinski definition) is 4. The minimum Gasteiger partial charge on any atom is -0.312 e. The largest absolute Gasteiger partial charge is 0.312 e. The van der Waals surface area contributed by atoms with Gasteiger partial charge in [-0.15, -0.1) is 0 Å². The van der Waals surface area contributed by atoms with Gasteiger partial charge in [-0.25, -0.2) is 9.97 Å². The van der Waals surface area contributed by atoms with Gasteiger partial charge in [-0.05, 0) is 18.4 Å². The highest BCUT2D eigenvalue weighted by Gasteiger charge is 2.03. The van der Waals surface area contributed by atoms with E-state index in [0.717, 1.165) is 35.5 Å². The van der Waals surface area contributed by atoms with Crippen molar-refractivity contribution in [2.24, 2.45) is 11.8 Å². The topological polar surface area (TPSA) is 37.8 Å². The third kappa shape index (κ3) is 6.36. The molecule has 0 fully saturated rings. The van der Waals surface area contributed by atoms with Gasteiger partial charge in [0.05, 0.1) is 0 Å². The fourth-order valence-corrected chi connectivity index (χ4v) is 2.27. The van der Waals surface area contributed by atoms with Crippen molar-refractivity contribution in [2.45, 2.75) is 45.8 Å². The van der Waals surface area contributed by atoms with E-state index in [4.69, 9.17) is 0 Å². The zero-order chi connectivity index (χ0) is 13.4. The second-order valence-electron chi connectivity index (χ2n) is 5.22. The molecule has 1 aromatic heterocycles. The molecule has 0 aliphatic rings. The van der Waals surface area contributed by atoms with Crippen molar-refractivity contribution >= 4 is 11.8 Å². The highest BCUT2D eigenvalue weighted by molar-refractivity contribution is 7.99. The van der Waals surface area contributed by atoms with Crippen LogP contribution < -0.4 is 5.32 Å². The van der Waals surface area contributed by atoms with Crippen LogP contribution >= 0.6 is 11.8 Å². The van der Waals surface area contributed by atoms with Gasteiger partial charge in [-0.1, -0.05) is 45.9 Å². The molecule has 4 heteroatoms. The van der Waals surface area contributed by atoms with Crippen molar-refractivity contribution in [1.29, 1.82) is 0 Å². The van der Waals surface area contributed by atoms with Crippen molar-refractivity contribution in [3.63, 3.8) is 0 Å². The minimum absolute atomic E-state index is 0.677. The highest BCUT2D eigenvalue weighted by atomic mass is 32.2. The van der Waals surface area contributed by atoms with E-state index in [1.54, 1.807) is 11.8 Å². The maximum absolute atomic E-state index is 4.39. The molecule has 0 bridgehead atoms. The van der Waals surface area contributed by atoms with Crippen LogP contribution in [0.15, 0.2) is 17.6 Å². The average molecular weight is 267 g/mol. The molecule has 0 aliphatic carbocycles. The maximum Gasteiger partial charge on any atom is 0.187 e. The molecule has 3 nitrogen and oxygen atoms in total. The van der Waals surface area contributed by atoms with Gasteiger partial charge in [0.2, 0.25) is 0 Å². The lowest BCUT2D eigenvalue weighted by atomic mass is 10.2. The molecule has 1 aromatic rings. The van der Waals surface area contributed by atoms with Crippen molar-refractivity contribution < 1.29 is 0 Å². The number of nitrogens with one attached hydrogen (secondary N) is 1. The molecule has 0 aromatic carbocycles. The van der Waals surface area contributed by atoms with E-state index in [9.17, 15) is 0 Å². The zero-order valence-corrected chi connectivity index (χ0v) is 12.8. The Kier molecular flexibility index (Phi) is 7.28. The second-order valence-corrected chi connectivity index (χ2v) is 6.21. The molecule has 0 saturated carbocycles. The first kappa shape index (κ1) is 15.4. The summed E-state index contributed by atoms with van der Waals surface area (Å²) in [6.45, 7) is 10.8. The van der Waals surface area contributed by atoms with E-state index in [2.05, 4.69) is 43.0 Å². The first-order chi connectivity index (χ1) is 8.61. The molecule has 0 aliphatic heterocycles. The number of aromatic nitrogens is 2. The molecule has 18 heavy (non-hydrogen) atoms. The first-order valence-electron chi connectivity index (χ1n) is 6.76. The van der Waals surface area contributed by atoms with Crippen LogP contribution in [-0.4, -0.2) is 22.3 Å². The Bertz CT molecular complexity index is 324. The van der Waals surface area contributed by atoms with E-state index in [1.165, 1.54) is 6.42 Å². The third-order valence-corrected chi connectivity index (χ3v) is 3.96. The van der Waals surface area contributed by atoms with Crippen LogP contribution in [0.1, 0.15) is 39.7 Å².